The number of pyridine rings is 1. The van der Waals surface area contributed by atoms with Crippen molar-refractivity contribution in [3.63, 3.8) is 0 Å². The third kappa shape index (κ3) is 6.96. The van der Waals surface area contributed by atoms with Crippen LogP contribution in [0, 0.1) is 0 Å². The molecule has 10 nitrogen and oxygen atoms in total. The summed E-state index contributed by atoms with van der Waals surface area (Å²) in [6, 6.07) is 7.46. The third-order valence-electron chi connectivity index (χ3n) is 3.74. The standard InChI is InChI=1S/C20H21ClN4O6/c1-4-31-17(26)11-16(25-24-15-6-5-7-22-18(15)21)23-14-9-12(19(27)29-2)8-13(10-14)20(28)30-3/h5-10,24H,4,11H2,1-3H3,(H,23,25). The highest BCUT2D eigenvalue weighted by atomic mass is 35.5. The van der Waals surface area contributed by atoms with Gasteiger partial charge < -0.3 is 14.2 Å². The minimum Gasteiger partial charge on any atom is -0.466 e. The molecule has 0 unspecified atom stereocenters. The number of carbonyl (C=O) groups excluding carboxylic acids is 3. The van der Waals surface area contributed by atoms with Crippen LogP contribution < -0.4 is 10.9 Å². The number of aromatic nitrogens is 1. The smallest absolute Gasteiger partial charge is 0.337 e. The highest BCUT2D eigenvalue weighted by molar-refractivity contribution is 6.31. The lowest BCUT2D eigenvalue weighted by molar-refractivity contribution is -0.141. The molecule has 0 saturated heterocycles. The lowest BCUT2D eigenvalue weighted by Gasteiger charge is -2.13. The Labute approximate surface area is 183 Å². The lowest BCUT2D eigenvalue weighted by atomic mass is 10.1. The van der Waals surface area contributed by atoms with Crippen molar-refractivity contribution < 1.29 is 28.6 Å². The van der Waals surface area contributed by atoms with Crippen LogP contribution in [0.2, 0.25) is 5.15 Å². The molecule has 164 valence electrons. The average molecular weight is 449 g/mol. The molecular weight excluding hydrogens is 428 g/mol. The summed E-state index contributed by atoms with van der Waals surface area (Å²) in [6.45, 7) is 1.87. The molecule has 0 fully saturated rings. The third-order valence-corrected chi connectivity index (χ3v) is 4.04. The number of nitrogens with one attached hydrogen (secondary N) is 2. The second-order valence-electron chi connectivity index (χ2n) is 5.88. The second-order valence-corrected chi connectivity index (χ2v) is 6.24. The molecular formula is C20H21ClN4O6. The van der Waals surface area contributed by atoms with Gasteiger partial charge in [-0.1, -0.05) is 11.6 Å². The van der Waals surface area contributed by atoms with Crippen molar-refractivity contribution in [1.82, 2.24) is 10.4 Å². The zero-order valence-corrected chi connectivity index (χ0v) is 17.9. The summed E-state index contributed by atoms with van der Waals surface area (Å²) in [4.78, 5) is 44.3. The molecule has 0 bridgehead atoms. The Kier molecular flexibility index (Phi) is 8.77. The van der Waals surface area contributed by atoms with Crippen LogP contribution in [-0.2, 0) is 19.0 Å². The minimum atomic E-state index is -0.664. The first kappa shape index (κ1) is 23.6. The summed E-state index contributed by atoms with van der Waals surface area (Å²) >= 11 is 6.02. The minimum absolute atomic E-state index is 0.0860. The summed E-state index contributed by atoms with van der Waals surface area (Å²) in [5.41, 5.74) is 6.41. The average Bonchev–Trinajstić information content (AvgIpc) is 2.77. The number of benzene rings is 1. The zero-order chi connectivity index (χ0) is 22.8. The van der Waals surface area contributed by atoms with Crippen LogP contribution in [0.25, 0.3) is 0 Å². The largest absolute Gasteiger partial charge is 0.466 e. The monoisotopic (exact) mass is 448 g/mol. The molecule has 1 heterocycles. The van der Waals surface area contributed by atoms with E-state index in [0.717, 1.165) is 0 Å². The van der Waals surface area contributed by atoms with Crippen molar-refractivity contribution in [3.8, 4) is 0 Å². The van der Waals surface area contributed by atoms with Gasteiger partial charge in [-0.3, -0.25) is 15.6 Å². The van der Waals surface area contributed by atoms with Crippen molar-refractivity contribution in [3.05, 3.63) is 52.8 Å². The van der Waals surface area contributed by atoms with E-state index in [9.17, 15) is 14.4 Å². The summed E-state index contributed by atoms with van der Waals surface area (Å²) in [7, 11) is 2.43. The maximum absolute atomic E-state index is 12.0. The van der Waals surface area contributed by atoms with Crippen molar-refractivity contribution in [1.29, 1.82) is 0 Å². The van der Waals surface area contributed by atoms with Crippen LogP contribution in [0.4, 0.5) is 11.4 Å². The Hall–Kier alpha value is -3.66. The van der Waals surface area contributed by atoms with E-state index in [4.69, 9.17) is 25.8 Å². The van der Waals surface area contributed by atoms with Gasteiger partial charge in [0.15, 0.2) is 5.15 Å². The molecule has 0 aliphatic rings. The molecule has 0 saturated carbocycles. The van der Waals surface area contributed by atoms with E-state index in [1.54, 1.807) is 19.1 Å². The molecule has 0 aliphatic carbocycles. The highest BCUT2D eigenvalue weighted by Gasteiger charge is 2.15. The second kappa shape index (κ2) is 11.5. The van der Waals surface area contributed by atoms with E-state index in [0.29, 0.717) is 5.69 Å². The van der Waals surface area contributed by atoms with E-state index < -0.39 is 17.9 Å². The maximum atomic E-state index is 12.0. The molecule has 0 amide bonds. The van der Waals surface area contributed by atoms with Gasteiger partial charge in [0.25, 0.3) is 0 Å². The predicted molar refractivity (Wildman–Crippen MR) is 113 cm³/mol. The molecule has 1 aromatic carbocycles. The van der Waals surface area contributed by atoms with Gasteiger partial charge in [0.1, 0.15) is 12.3 Å². The Balaban J connectivity index is 2.41. The Morgan fingerprint density at radius 2 is 1.74 bits per heavy atom. The summed E-state index contributed by atoms with van der Waals surface area (Å²) < 4.78 is 14.4. The Bertz CT molecular complexity index is 961. The van der Waals surface area contributed by atoms with Gasteiger partial charge in [-0.2, -0.15) is 0 Å². The molecule has 2 N–H and O–H groups in total. The number of ether oxygens (including phenoxy) is 3. The van der Waals surface area contributed by atoms with Crippen LogP contribution in [0.3, 0.4) is 0 Å². The molecule has 11 heteroatoms. The van der Waals surface area contributed by atoms with Gasteiger partial charge in [0.05, 0.1) is 43.3 Å². The first-order valence-electron chi connectivity index (χ1n) is 9.05. The summed E-state index contributed by atoms with van der Waals surface area (Å²) in [6.07, 6.45) is 1.29. The van der Waals surface area contributed by atoms with Gasteiger partial charge >= 0.3 is 17.9 Å². The van der Waals surface area contributed by atoms with Crippen molar-refractivity contribution in [2.75, 3.05) is 26.3 Å². The molecule has 0 atom stereocenters. The molecule has 2 rings (SSSR count). The quantitative estimate of drug-likeness (QED) is 0.156. The number of carbonyl (C=O) groups is 3. The van der Waals surface area contributed by atoms with E-state index in [1.165, 1.54) is 38.6 Å². The zero-order valence-electron chi connectivity index (χ0n) is 17.1. The number of methoxy groups -OCH3 is 2. The van der Waals surface area contributed by atoms with Crippen LogP contribution in [-0.4, -0.2) is 49.6 Å². The predicted octanol–water partition coefficient (Wildman–Crippen LogP) is 2.91. The fourth-order valence-corrected chi connectivity index (χ4v) is 2.55. The highest BCUT2D eigenvalue weighted by Crippen LogP contribution is 2.21. The molecule has 31 heavy (non-hydrogen) atoms. The summed E-state index contributed by atoms with van der Waals surface area (Å²) in [5, 5.41) is 0.200. The maximum Gasteiger partial charge on any atom is 0.337 e. The van der Waals surface area contributed by atoms with Crippen molar-refractivity contribution in [2.45, 2.75) is 13.3 Å². The van der Waals surface area contributed by atoms with Crippen LogP contribution >= 0.6 is 11.6 Å². The summed E-state index contributed by atoms with van der Waals surface area (Å²) in [5.74, 6) is -1.73. The number of anilines is 1. The van der Waals surface area contributed by atoms with Gasteiger partial charge in [0, 0.05) is 6.20 Å². The van der Waals surface area contributed by atoms with Crippen LogP contribution in [0.1, 0.15) is 34.1 Å². The van der Waals surface area contributed by atoms with Gasteiger partial charge in [-0.05, 0) is 37.3 Å². The van der Waals surface area contributed by atoms with E-state index in [-0.39, 0.29) is 40.8 Å². The fraction of sp³-hybridized carbons (Fsp3) is 0.250. The number of halogens is 1. The fourth-order valence-electron chi connectivity index (χ4n) is 2.38. The Morgan fingerprint density at radius 1 is 1.10 bits per heavy atom. The molecule has 2 aromatic rings. The first-order valence-corrected chi connectivity index (χ1v) is 9.43. The van der Waals surface area contributed by atoms with Crippen LogP contribution in [0.5, 0.6) is 0 Å². The van der Waals surface area contributed by atoms with Crippen molar-refractivity contribution >= 4 is 46.7 Å². The lowest BCUT2D eigenvalue weighted by Crippen LogP contribution is -2.32. The number of rotatable bonds is 8. The molecule has 0 spiro atoms. The van der Waals surface area contributed by atoms with Gasteiger partial charge in [-0.25, -0.2) is 19.6 Å². The van der Waals surface area contributed by atoms with E-state index >= 15 is 0 Å². The van der Waals surface area contributed by atoms with E-state index in [1.807, 2.05) is 0 Å². The molecule has 0 radical (unpaired) electrons. The number of aliphatic imine (C=N–C) groups is 1. The van der Waals surface area contributed by atoms with Crippen LogP contribution in [0.15, 0.2) is 41.5 Å². The SMILES string of the molecule is CCOC(=O)CC(=Nc1cc(C(=O)OC)cc(C(=O)OC)c1)NNc1cccnc1Cl. The number of esters is 3. The Morgan fingerprint density at radius 3 is 2.29 bits per heavy atom. The molecule has 1 aromatic heterocycles. The van der Waals surface area contributed by atoms with Crippen molar-refractivity contribution in [2.24, 2.45) is 4.99 Å². The number of nitrogens with zero attached hydrogens (tertiary/aromatic N) is 2. The normalized spacial score (nSPS) is 10.8. The number of hydrazine groups is 1. The van der Waals surface area contributed by atoms with Gasteiger partial charge in [-0.15, -0.1) is 0 Å². The number of hydrogen-bond acceptors (Lipinski definition) is 9. The topological polar surface area (TPSA) is 128 Å². The number of amidine groups is 1. The molecule has 0 aliphatic heterocycles. The van der Waals surface area contributed by atoms with Gasteiger partial charge in [0.2, 0.25) is 0 Å². The first-order chi connectivity index (χ1) is 14.9. The number of hydrogen-bond donors (Lipinski definition) is 2. The van der Waals surface area contributed by atoms with E-state index in [2.05, 4.69) is 20.8 Å².